The zero-order valence-corrected chi connectivity index (χ0v) is 13.0. The van der Waals surface area contributed by atoms with Gasteiger partial charge in [-0.25, -0.2) is 0 Å². The molecule has 1 aromatic carbocycles. The number of rotatable bonds is 6. The minimum absolute atomic E-state index is 0.0731. The largest absolute Gasteiger partial charge is 0.356 e. The van der Waals surface area contributed by atoms with Gasteiger partial charge < -0.3 is 5.32 Å². The maximum Gasteiger partial charge on any atom is 0.216 e. The molecule has 3 heteroatoms. The van der Waals surface area contributed by atoms with Crippen molar-refractivity contribution in [2.24, 2.45) is 5.92 Å². The molecule has 0 aliphatic carbocycles. The number of carbonyl (C=O) groups is 1. The molecule has 0 saturated carbocycles. The van der Waals surface area contributed by atoms with Gasteiger partial charge in [-0.05, 0) is 42.9 Å². The van der Waals surface area contributed by atoms with Gasteiger partial charge in [-0.2, -0.15) is 0 Å². The summed E-state index contributed by atoms with van der Waals surface area (Å²) in [5.74, 6) is 0.775. The van der Waals surface area contributed by atoms with Crippen molar-refractivity contribution in [1.29, 1.82) is 0 Å². The smallest absolute Gasteiger partial charge is 0.216 e. The molecule has 0 unspecified atom stereocenters. The average molecular weight is 286 g/mol. The van der Waals surface area contributed by atoms with Gasteiger partial charge in [-0.1, -0.05) is 36.9 Å². The Morgan fingerprint density at radius 3 is 3.14 bits per heavy atom. The van der Waals surface area contributed by atoms with Crippen LogP contribution in [0.25, 0.3) is 6.08 Å². The third-order valence-corrected chi connectivity index (χ3v) is 4.12. The van der Waals surface area contributed by atoms with E-state index in [4.69, 9.17) is 0 Å². The molecule has 1 aliphatic heterocycles. The van der Waals surface area contributed by atoms with Crippen LogP contribution in [-0.4, -0.2) is 30.4 Å². The summed E-state index contributed by atoms with van der Waals surface area (Å²) in [6.45, 7) is 9.54. The molecule has 1 aromatic rings. The van der Waals surface area contributed by atoms with Crippen LogP contribution < -0.4 is 5.32 Å². The van der Waals surface area contributed by atoms with Gasteiger partial charge in [0.1, 0.15) is 0 Å². The second kappa shape index (κ2) is 7.99. The normalized spacial score (nSPS) is 19.2. The van der Waals surface area contributed by atoms with Gasteiger partial charge in [-0.15, -0.1) is 0 Å². The molecule has 2 rings (SSSR count). The van der Waals surface area contributed by atoms with E-state index >= 15 is 0 Å². The minimum atomic E-state index is 0.0731. The Bertz CT molecular complexity index is 484. The van der Waals surface area contributed by atoms with Gasteiger partial charge in [-0.3, -0.25) is 9.69 Å². The van der Waals surface area contributed by atoms with Crippen LogP contribution in [0.15, 0.2) is 30.8 Å². The summed E-state index contributed by atoms with van der Waals surface area (Å²) in [6, 6.07) is 8.59. The summed E-state index contributed by atoms with van der Waals surface area (Å²) in [5.41, 5.74) is 2.54. The van der Waals surface area contributed by atoms with Crippen molar-refractivity contribution in [3.05, 3.63) is 42.0 Å². The van der Waals surface area contributed by atoms with Crippen LogP contribution in [0.2, 0.25) is 0 Å². The first kappa shape index (κ1) is 15.8. The van der Waals surface area contributed by atoms with E-state index in [-0.39, 0.29) is 5.91 Å². The van der Waals surface area contributed by atoms with Gasteiger partial charge in [0.25, 0.3) is 0 Å². The number of amides is 1. The summed E-state index contributed by atoms with van der Waals surface area (Å²) in [4.78, 5) is 13.5. The second-order valence-corrected chi connectivity index (χ2v) is 5.96. The molecule has 1 amide bonds. The van der Waals surface area contributed by atoms with Crippen LogP contribution in [0.3, 0.4) is 0 Å². The van der Waals surface area contributed by atoms with Crippen molar-refractivity contribution < 1.29 is 4.79 Å². The molecule has 1 aliphatic rings. The number of nitrogens with one attached hydrogen (secondary N) is 1. The highest BCUT2D eigenvalue weighted by Crippen LogP contribution is 2.21. The first-order chi connectivity index (χ1) is 10.2. The van der Waals surface area contributed by atoms with Gasteiger partial charge in [0.2, 0.25) is 5.91 Å². The Labute approximate surface area is 128 Å². The predicted molar refractivity (Wildman–Crippen MR) is 87.8 cm³/mol. The topological polar surface area (TPSA) is 32.3 Å². The van der Waals surface area contributed by atoms with Crippen LogP contribution in [0.1, 0.15) is 37.3 Å². The van der Waals surface area contributed by atoms with E-state index in [1.807, 2.05) is 6.08 Å². The van der Waals surface area contributed by atoms with Crippen LogP contribution in [0.5, 0.6) is 0 Å². The molecule has 0 bridgehead atoms. The van der Waals surface area contributed by atoms with E-state index in [0.29, 0.717) is 5.92 Å². The number of hydrogen-bond acceptors (Lipinski definition) is 2. The zero-order valence-electron chi connectivity index (χ0n) is 13.0. The summed E-state index contributed by atoms with van der Waals surface area (Å²) in [5, 5.41) is 2.90. The Morgan fingerprint density at radius 2 is 2.38 bits per heavy atom. The molecule has 3 nitrogen and oxygen atoms in total. The Hall–Kier alpha value is -1.61. The lowest BCUT2D eigenvalue weighted by Gasteiger charge is -2.32. The lowest BCUT2D eigenvalue weighted by atomic mass is 9.94. The highest BCUT2D eigenvalue weighted by atomic mass is 16.1. The monoisotopic (exact) mass is 286 g/mol. The van der Waals surface area contributed by atoms with E-state index < -0.39 is 0 Å². The van der Waals surface area contributed by atoms with Crippen molar-refractivity contribution in [3.63, 3.8) is 0 Å². The molecule has 21 heavy (non-hydrogen) atoms. The molecule has 1 N–H and O–H groups in total. The summed E-state index contributed by atoms with van der Waals surface area (Å²) >= 11 is 0. The fourth-order valence-corrected chi connectivity index (χ4v) is 3.06. The Kier molecular flexibility index (Phi) is 6.00. The van der Waals surface area contributed by atoms with Crippen molar-refractivity contribution in [3.8, 4) is 0 Å². The second-order valence-electron chi connectivity index (χ2n) is 5.96. The number of piperidine rings is 1. The van der Waals surface area contributed by atoms with Crippen molar-refractivity contribution in [1.82, 2.24) is 10.2 Å². The molecule has 0 spiro atoms. The van der Waals surface area contributed by atoms with Crippen LogP contribution in [0, 0.1) is 5.92 Å². The summed E-state index contributed by atoms with van der Waals surface area (Å²) in [6.07, 6.45) is 5.52. The number of hydrogen-bond donors (Lipinski definition) is 1. The van der Waals surface area contributed by atoms with Crippen LogP contribution in [-0.2, 0) is 11.3 Å². The molecule has 1 fully saturated rings. The highest BCUT2D eigenvalue weighted by molar-refractivity contribution is 5.72. The lowest BCUT2D eigenvalue weighted by Crippen LogP contribution is -2.36. The molecule has 0 aromatic heterocycles. The van der Waals surface area contributed by atoms with Crippen LogP contribution >= 0.6 is 0 Å². The molecule has 1 heterocycles. The third-order valence-electron chi connectivity index (χ3n) is 4.12. The fraction of sp³-hybridized carbons (Fsp3) is 0.500. The standard InChI is InChI=1S/C18H26N2O/c1-3-16-6-4-7-18(12-16)14-20-11-5-8-17(13-20)9-10-19-15(2)21/h3-4,6-7,12,17H,1,5,8-11,13-14H2,2H3,(H,19,21)/t17-/m1/s1. The quantitative estimate of drug-likeness (QED) is 0.871. The van der Waals surface area contributed by atoms with Crippen molar-refractivity contribution >= 4 is 12.0 Å². The molecule has 0 radical (unpaired) electrons. The minimum Gasteiger partial charge on any atom is -0.356 e. The molecule has 1 saturated heterocycles. The van der Waals surface area contributed by atoms with E-state index in [9.17, 15) is 4.79 Å². The summed E-state index contributed by atoms with van der Waals surface area (Å²) < 4.78 is 0. The SMILES string of the molecule is C=Cc1cccc(CN2CCC[C@H](CCNC(C)=O)C2)c1. The fourth-order valence-electron chi connectivity index (χ4n) is 3.06. The number of benzene rings is 1. The Morgan fingerprint density at radius 1 is 1.52 bits per heavy atom. The van der Waals surface area contributed by atoms with Gasteiger partial charge in [0.15, 0.2) is 0 Å². The zero-order chi connectivity index (χ0) is 15.1. The number of likely N-dealkylation sites (tertiary alicyclic amines) is 1. The Balaban J connectivity index is 1.83. The maximum absolute atomic E-state index is 10.9. The van der Waals surface area contributed by atoms with E-state index in [2.05, 4.69) is 41.1 Å². The van der Waals surface area contributed by atoms with Gasteiger partial charge in [0.05, 0.1) is 0 Å². The van der Waals surface area contributed by atoms with Gasteiger partial charge in [0, 0.05) is 26.6 Å². The molecular weight excluding hydrogens is 260 g/mol. The van der Waals surface area contributed by atoms with E-state index in [1.165, 1.54) is 30.5 Å². The lowest BCUT2D eigenvalue weighted by molar-refractivity contribution is -0.119. The van der Waals surface area contributed by atoms with Crippen molar-refractivity contribution in [2.45, 2.75) is 32.7 Å². The van der Waals surface area contributed by atoms with Crippen LogP contribution in [0.4, 0.5) is 0 Å². The first-order valence-corrected chi connectivity index (χ1v) is 7.85. The molecule has 114 valence electrons. The average Bonchev–Trinajstić information content (AvgIpc) is 2.47. The third kappa shape index (κ3) is 5.35. The first-order valence-electron chi connectivity index (χ1n) is 7.85. The number of nitrogens with zero attached hydrogens (tertiary/aromatic N) is 1. The van der Waals surface area contributed by atoms with Gasteiger partial charge >= 0.3 is 0 Å². The van der Waals surface area contributed by atoms with E-state index in [1.54, 1.807) is 6.92 Å². The van der Waals surface area contributed by atoms with E-state index in [0.717, 1.165) is 26.1 Å². The maximum atomic E-state index is 10.9. The molecular formula is C18H26N2O. The number of carbonyl (C=O) groups excluding carboxylic acids is 1. The summed E-state index contributed by atoms with van der Waals surface area (Å²) in [7, 11) is 0. The predicted octanol–water partition coefficient (Wildman–Crippen LogP) is 3.07. The van der Waals surface area contributed by atoms with Crippen molar-refractivity contribution in [2.75, 3.05) is 19.6 Å². The highest BCUT2D eigenvalue weighted by Gasteiger charge is 2.19. The molecule has 1 atom stereocenters.